The van der Waals surface area contributed by atoms with Crippen LogP contribution in [-0.4, -0.2) is 0 Å². The molecule has 0 aliphatic rings. The molecule has 1 unspecified atom stereocenters. The summed E-state index contributed by atoms with van der Waals surface area (Å²) in [6.07, 6.45) is 0. The van der Waals surface area contributed by atoms with Crippen molar-refractivity contribution in [2.24, 2.45) is 0 Å². The lowest BCUT2D eigenvalue weighted by Gasteiger charge is -2.32. The van der Waals surface area contributed by atoms with E-state index in [2.05, 4.69) is 54.0 Å². The summed E-state index contributed by atoms with van der Waals surface area (Å²) in [5.74, 6) is 0. The third kappa shape index (κ3) is 3.16. The first kappa shape index (κ1) is 14.9. The molecule has 3 heteroatoms. The highest BCUT2D eigenvalue weighted by molar-refractivity contribution is 9.09. The highest BCUT2D eigenvalue weighted by atomic mass is 79.9. The van der Waals surface area contributed by atoms with Gasteiger partial charge in [-0.1, -0.05) is 83.3 Å². The first-order chi connectivity index (χ1) is 8.93. The number of benzene rings is 2. The van der Waals surface area contributed by atoms with Gasteiger partial charge in [-0.3, -0.25) is 0 Å². The normalized spacial score (nSPS) is 13.3. The van der Waals surface area contributed by atoms with E-state index < -0.39 is 0 Å². The molecule has 0 saturated carbocycles. The Morgan fingerprint density at radius 1 is 1.00 bits per heavy atom. The topological polar surface area (TPSA) is 0 Å². The summed E-state index contributed by atoms with van der Waals surface area (Å²) in [5, 5.41) is 1.43. The lowest BCUT2D eigenvalue weighted by atomic mass is 9.79. The number of rotatable bonds is 3. The number of hydrogen-bond donors (Lipinski definition) is 0. The Kier molecular flexibility index (Phi) is 4.60. The Morgan fingerprint density at radius 3 is 2.26 bits per heavy atom. The zero-order valence-electron chi connectivity index (χ0n) is 10.8. The second-order valence-electron chi connectivity index (χ2n) is 5.12. The van der Waals surface area contributed by atoms with Crippen LogP contribution < -0.4 is 0 Å². The minimum Gasteiger partial charge on any atom is -0.0843 e. The summed E-state index contributed by atoms with van der Waals surface area (Å²) in [4.78, 5) is 0.0913. The molecule has 19 heavy (non-hydrogen) atoms. The summed E-state index contributed by atoms with van der Waals surface area (Å²) in [5.41, 5.74) is 2.19. The van der Waals surface area contributed by atoms with Gasteiger partial charge in [-0.2, -0.15) is 0 Å². The van der Waals surface area contributed by atoms with Crippen LogP contribution in [0, 0.1) is 0 Å². The smallest absolute Gasteiger partial charge is 0.0501 e. The van der Waals surface area contributed by atoms with Crippen LogP contribution in [0.25, 0.3) is 0 Å². The van der Waals surface area contributed by atoms with Gasteiger partial charge in [0.2, 0.25) is 0 Å². The van der Waals surface area contributed by atoms with Gasteiger partial charge in [0.1, 0.15) is 0 Å². The molecule has 0 fully saturated rings. The standard InChI is InChI=1S/C16H15BrCl2/c1-16(2,11-6-4-3-5-7-11)15(17)13-10-12(18)8-9-14(13)19/h3-10,15H,1-2H3. The van der Waals surface area contributed by atoms with Crippen molar-refractivity contribution in [3.05, 3.63) is 69.7 Å². The Hall–Kier alpha value is -0.500. The van der Waals surface area contributed by atoms with Crippen LogP contribution in [0.1, 0.15) is 29.8 Å². The predicted octanol–water partition coefficient (Wildman–Crippen LogP) is 6.41. The summed E-state index contributed by atoms with van der Waals surface area (Å²) in [7, 11) is 0. The third-order valence-corrected chi connectivity index (χ3v) is 5.60. The van der Waals surface area contributed by atoms with Crippen LogP contribution in [0.5, 0.6) is 0 Å². The first-order valence-corrected chi connectivity index (χ1v) is 7.74. The second kappa shape index (κ2) is 5.87. The maximum absolute atomic E-state index is 6.30. The fourth-order valence-corrected chi connectivity index (χ4v) is 3.29. The van der Waals surface area contributed by atoms with E-state index in [9.17, 15) is 0 Å². The molecule has 0 aliphatic heterocycles. The van der Waals surface area contributed by atoms with Gasteiger partial charge in [0, 0.05) is 15.5 Å². The van der Waals surface area contributed by atoms with Crippen molar-refractivity contribution in [3.63, 3.8) is 0 Å². The van der Waals surface area contributed by atoms with Crippen molar-refractivity contribution in [1.29, 1.82) is 0 Å². The van der Waals surface area contributed by atoms with Crippen LogP contribution >= 0.6 is 39.1 Å². The molecule has 0 amide bonds. The fourth-order valence-electron chi connectivity index (χ4n) is 2.11. The molecule has 0 heterocycles. The Balaban J connectivity index is 2.43. The molecule has 0 radical (unpaired) electrons. The molecule has 0 spiro atoms. The van der Waals surface area contributed by atoms with Gasteiger partial charge in [0.05, 0.1) is 4.83 Å². The first-order valence-electron chi connectivity index (χ1n) is 6.07. The minimum absolute atomic E-state index is 0.0877. The van der Waals surface area contributed by atoms with Gasteiger partial charge in [-0.25, -0.2) is 0 Å². The molecule has 100 valence electrons. The molecular formula is C16H15BrCl2. The number of hydrogen-bond acceptors (Lipinski definition) is 0. The minimum atomic E-state index is -0.0877. The largest absolute Gasteiger partial charge is 0.0843 e. The van der Waals surface area contributed by atoms with E-state index in [1.807, 2.05) is 24.3 Å². The SMILES string of the molecule is CC(C)(c1ccccc1)C(Br)c1cc(Cl)ccc1Cl. The highest BCUT2D eigenvalue weighted by Gasteiger charge is 2.31. The number of halogens is 3. The fraction of sp³-hybridized carbons (Fsp3) is 0.250. The van der Waals surface area contributed by atoms with Gasteiger partial charge in [-0.15, -0.1) is 0 Å². The lowest BCUT2D eigenvalue weighted by Crippen LogP contribution is -2.23. The van der Waals surface area contributed by atoms with Gasteiger partial charge >= 0.3 is 0 Å². The molecule has 0 aromatic heterocycles. The van der Waals surface area contributed by atoms with Crippen LogP contribution in [-0.2, 0) is 5.41 Å². The van der Waals surface area contributed by atoms with E-state index in [0.717, 1.165) is 10.6 Å². The summed E-state index contributed by atoms with van der Waals surface area (Å²) in [6.45, 7) is 4.39. The van der Waals surface area contributed by atoms with E-state index in [1.54, 1.807) is 0 Å². The second-order valence-corrected chi connectivity index (χ2v) is 6.88. The molecule has 0 aliphatic carbocycles. The summed E-state index contributed by atoms with van der Waals surface area (Å²) in [6, 6.07) is 16.0. The Morgan fingerprint density at radius 2 is 1.63 bits per heavy atom. The average Bonchev–Trinajstić information content (AvgIpc) is 2.41. The molecule has 0 bridgehead atoms. The molecule has 2 rings (SSSR count). The van der Waals surface area contributed by atoms with Gasteiger partial charge in [-0.05, 0) is 29.3 Å². The van der Waals surface area contributed by atoms with Crippen LogP contribution in [0.2, 0.25) is 10.0 Å². The van der Waals surface area contributed by atoms with E-state index in [1.165, 1.54) is 5.56 Å². The molecule has 0 saturated heterocycles. The molecule has 1 atom stereocenters. The van der Waals surface area contributed by atoms with Crippen molar-refractivity contribution in [2.75, 3.05) is 0 Å². The third-order valence-electron chi connectivity index (χ3n) is 3.38. The average molecular weight is 358 g/mol. The zero-order chi connectivity index (χ0) is 14.0. The maximum Gasteiger partial charge on any atom is 0.0501 e. The van der Waals surface area contributed by atoms with Crippen LogP contribution in [0.3, 0.4) is 0 Å². The summed E-state index contributed by atoms with van der Waals surface area (Å²) >= 11 is 16.2. The molecular weight excluding hydrogens is 343 g/mol. The lowest BCUT2D eigenvalue weighted by molar-refractivity contribution is 0.518. The van der Waals surface area contributed by atoms with Crippen molar-refractivity contribution < 1.29 is 0 Å². The van der Waals surface area contributed by atoms with E-state index >= 15 is 0 Å². The molecule has 2 aromatic carbocycles. The van der Waals surface area contributed by atoms with Crippen molar-refractivity contribution in [1.82, 2.24) is 0 Å². The van der Waals surface area contributed by atoms with E-state index in [-0.39, 0.29) is 10.2 Å². The Bertz CT molecular complexity index is 564. The van der Waals surface area contributed by atoms with Crippen molar-refractivity contribution >= 4 is 39.1 Å². The monoisotopic (exact) mass is 356 g/mol. The van der Waals surface area contributed by atoms with Gasteiger partial charge < -0.3 is 0 Å². The molecule has 0 N–H and O–H groups in total. The van der Waals surface area contributed by atoms with E-state index in [0.29, 0.717) is 5.02 Å². The van der Waals surface area contributed by atoms with Crippen LogP contribution in [0.4, 0.5) is 0 Å². The zero-order valence-corrected chi connectivity index (χ0v) is 13.9. The van der Waals surface area contributed by atoms with Crippen LogP contribution in [0.15, 0.2) is 48.5 Å². The number of alkyl halides is 1. The van der Waals surface area contributed by atoms with E-state index in [4.69, 9.17) is 23.2 Å². The van der Waals surface area contributed by atoms with Gasteiger partial charge in [0.25, 0.3) is 0 Å². The molecule has 2 aromatic rings. The predicted molar refractivity (Wildman–Crippen MR) is 87.6 cm³/mol. The molecule has 0 nitrogen and oxygen atoms in total. The van der Waals surface area contributed by atoms with Crippen molar-refractivity contribution in [3.8, 4) is 0 Å². The Labute approximate surface area is 132 Å². The summed E-state index contributed by atoms with van der Waals surface area (Å²) < 4.78 is 0. The maximum atomic E-state index is 6.30. The van der Waals surface area contributed by atoms with Gasteiger partial charge in [0.15, 0.2) is 0 Å². The quantitative estimate of drug-likeness (QED) is 0.557. The highest BCUT2D eigenvalue weighted by Crippen LogP contribution is 2.45. The van der Waals surface area contributed by atoms with Crippen molar-refractivity contribution in [2.45, 2.75) is 24.1 Å².